The van der Waals surface area contributed by atoms with Crippen LogP contribution in [-0.4, -0.2) is 65.3 Å². The van der Waals surface area contributed by atoms with Gasteiger partial charge in [0, 0.05) is 43.9 Å². The Bertz CT molecular complexity index is 1140. The van der Waals surface area contributed by atoms with E-state index in [2.05, 4.69) is 16.8 Å². The SMILES string of the molecule is CCCN(Cc1c(C)nn(-c2cccc(F)c2)c1N1CCN(C)CC1)C(=O)c1ccc(F)cc1. The van der Waals surface area contributed by atoms with Crippen LogP contribution in [0.25, 0.3) is 5.69 Å². The minimum atomic E-state index is -0.372. The van der Waals surface area contributed by atoms with Crippen molar-refractivity contribution in [2.24, 2.45) is 0 Å². The minimum absolute atomic E-state index is 0.149. The molecule has 1 fully saturated rings. The number of halogens is 2. The molecule has 3 aromatic rings. The van der Waals surface area contributed by atoms with Crippen molar-refractivity contribution in [2.45, 2.75) is 26.8 Å². The minimum Gasteiger partial charge on any atom is -0.354 e. The maximum Gasteiger partial charge on any atom is 0.254 e. The van der Waals surface area contributed by atoms with E-state index >= 15 is 0 Å². The molecule has 0 spiro atoms. The number of rotatable bonds is 7. The van der Waals surface area contributed by atoms with Gasteiger partial charge in [0.25, 0.3) is 5.91 Å². The third kappa shape index (κ3) is 5.12. The molecule has 6 nitrogen and oxygen atoms in total. The molecule has 0 aliphatic carbocycles. The summed E-state index contributed by atoms with van der Waals surface area (Å²) in [7, 11) is 2.09. The quantitative estimate of drug-likeness (QED) is 0.521. The lowest BCUT2D eigenvalue weighted by Gasteiger charge is -2.35. The Morgan fingerprint density at radius 1 is 1.03 bits per heavy atom. The van der Waals surface area contributed by atoms with Crippen molar-refractivity contribution < 1.29 is 13.6 Å². The van der Waals surface area contributed by atoms with Crippen molar-refractivity contribution in [3.05, 3.63) is 77.0 Å². The van der Waals surface area contributed by atoms with Crippen LogP contribution < -0.4 is 4.90 Å². The number of aromatic nitrogens is 2. The molecule has 2 aromatic carbocycles. The summed E-state index contributed by atoms with van der Waals surface area (Å²) < 4.78 is 29.3. The maximum atomic E-state index is 14.1. The molecule has 0 radical (unpaired) electrons. The molecule has 0 N–H and O–H groups in total. The molecule has 0 bridgehead atoms. The number of hydrogen-bond acceptors (Lipinski definition) is 4. The first kappa shape index (κ1) is 23.9. The summed E-state index contributed by atoms with van der Waals surface area (Å²) in [6.07, 6.45) is 0.786. The smallest absolute Gasteiger partial charge is 0.254 e. The summed E-state index contributed by atoms with van der Waals surface area (Å²) in [6.45, 7) is 8.30. The third-order valence-corrected chi connectivity index (χ3v) is 6.23. The van der Waals surface area contributed by atoms with E-state index in [1.54, 1.807) is 15.6 Å². The van der Waals surface area contributed by atoms with Gasteiger partial charge in [0.2, 0.25) is 0 Å². The standard InChI is InChI=1S/C26H31F2N5O/c1-4-12-32(26(34)20-8-10-21(27)11-9-20)18-24-19(2)29-33(23-7-5-6-22(28)17-23)25(24)31-15-13-30(3)14-16-31/h5-11,17H,4,12-16,18H2,1-3H3. The zero-order valence-corrected chi connectivity index (χ0v) is 20.0. The van der Waals surface area contributed by atoms with Gasteiger partial charge in [-0.15, -0.1) is 0 Å². The number of piperazine rings is 1. The fourth-order valence-electron chi connectivity index (χ4n) is 4.35. The first-order valence-electron chi connectivity index (χ1n) is 11.7. The first-order chi connectivity index (χ1) is 16.4. The van der Waals surface area contributed by atoms with Gasteiger partial charge in [-0.05, 0) is 62.9 Å². The van der Waals surface area contributed by atoms with Crippen LogP contribution in [0, 0.1) is 18.6 Å². The third-order valence-electron chi connectivity index (χ3n) is 6.23. The van der Waals surface area contributed by atoms with Gasteiger partial charge in [-0.25, -0.2) is 13.5 Å². The molecule has 1 aliphatic heterocycles. The van der Waals surface area contributed by atoms with Crippen molar-refractivity contribution in [3.63, 3.8) is 0 Å². The number of amides is 1. The van der Waals surface area contributed by atoms with Crippen LogP contribution in [0.15, 0.2) is 48.5 Å². The van der Waals surface area contributed by atoms with Crippen molar-refractivity contribution in [3.8, 4) is 5.69 Å². The van der Waals surface area contributed by atoms with Crippen molar-refractivity contribution >= 4 is 11.7 Å². The molecule has 1 amide bonds. The molecule has 1 aromatic heterocycles. The van der Waals surface area contributed by atoms with Crippen LogP contribution in [-0.2, 0) is 6.54 Å². The van der Waals surface area contributed by atoms with E-state index in [4.69, 9.17) is 5.10 Å². The second-order valence-corrected chi connectivity index (χ2v) is 8.80. The summed E-state index contributed by atoms with van der Waals surface area (Å²) in [6, 6.07) is 12.1. The molecule has 4 rings (SSSR count). The lowest BCUT2D eigenvalue weighted by molar-refractivity contribution is 0.0743. The van der Waals surface area contributed by atoms with Gasteiger partial charge in [0.1, 0.15) is 17.5 Å². The van der Waals surface area contributed by atoms with E-state index in [1.807, 2.05) is 19.9 Å². The zero-order chi connectivity index (χ0) is 24.2. The number of nitrogens with zero attached hydrogens (tertiary/aromatic N) is 5. The molecule has 1 saturated heterocycles. The predicted molar refractivity (Wildman–Crippen MR) is 129 cm³/mol. The number of carbonyl (C=O) groups is 1. The fourth-order valence-corrected chi connectivity index (χ4v) is 4.35. The molecule has 0 saturated carbocycles. The summed E-state index contributed by atoms with van der Waals surface area (Å²) in [5, 5.41) is 4.78. The normalized spacial score (nSPS) is 14.4. The van der Waals surface area contributed by atoms with Crippen LogP contribution in [0.5, 0.6) is 0 Å². The van der Waals surface area contributed by atoms with E-state index in [0.29, 0.717) is 24.3 Å². The Morgan fingerprint density at radius 2 is 1.74 bits per heavy atom. The Kier molecular flexibility index (Phi) is 7.26. The van der Waals surface area contributed by atoms with Crippen molar-refractivity contribution in [1.82, 2.24) is 19.6 Å². The molecule has 1 aliphatic rings. The number of aryl methyl sites for hydroxylation is 1. The Hall–Kier alpha value is -3.26. The summed E-state index contributed by atoms with van der Waals surface area (Å²) in [5.74, 6) is 0.0482. The number of hydrogen-bond donors (Lipinski definition) is 0. The van der Waals surface area contributed by atoms with Crippen molar-refractivity contribution in [1.29, 1.82) is 0 Å². The number of likely N-dealkylation sites (N-methyl/N-ethyl adjacent to an activating group) is 1. The second kappa shape index (κ2) is 10.3. The lowest BCUT2D eigenvalue weighted by atomic mass is 10.1. The fraction of sp³-hybridized carbons (Fsp3) is 0.385. The summed E-state index contributed by atoms with van der Waals surface area (Å²) in [5.41, 5.74) is 2.84. The largest absolute Gasteiger partial charge is 0.354 e. The average Bonchev–Trinajstić information content (AvgIpc) is 3.15. The highest BCUT2D eigenvalue weighted by atomic mass is 19.1. The average molecular weight is 468 g/mol. The molecular formula is C26H31F2N5O. The van der Waals surface area contributed by atoms with E-state index in [1.165, 1.54) is 36.4 Å². The van der Waals surface area contributed by atoms with Gasteiger partial charge in [-0.2, -0.15) is 5.10 Å². The monoisotopic (exact) mass is 467 g/mol. The lowest BCUT2D eigenvalue weighted by Crippen LogP contribution is -2.45. The topological polar surface area (TPSA) is 44.6 Å². The highest BCUT2D eigenvalue weighted by Gasteiger charge is 2.27. The van der Waals surface area contributed by atoms with E-state index in [0.717, 1.165) is 49.7 Å². The van der Waals surface area contributed by atoms with Crippen LogP contribution in [0.3, 0.4) is 0 Å². The Morgan fingerprint density at radius 3 is 2.38 bits per heavy atom. The van der Waals surface area contributed by atoms with Crippen LogP contribution >= 0.6 is 0 Å². The van der Waals surface area contributed by atoms with Crippen molar-refractivity contribution in [2.75, 3.05) is 44.7 Å². The number of benzene rings is 2. The van der Waals surface area contributed by atoms with Crippen LogP contribution in [0.1, 0.15) is 35.0 Å². The predicted octanol–water partition coefficient (Wildman–Crippen LogP) is 4.26. The van der Waals surface area contributed by atoms with Gasteiger partial charge < -0.3 is 14.7 Å². The number of anilines is 1. The number of carbonyl (C=O) groups excluding carboxylic acids is 1. The Balaban J connectivity index is 1.74. The van der Waals surface area contributed by atoms with E-state index in [-0.39, 0.29) is 17.5 Å². The van der Waals surface area contributed by atoms with E-state index < -0.39 is 0 Å². The first-order valence-corrected chi connectivity index (χ1v) is 11.7. The maximum absolute atomic E-state index is 14.1. The van der Waals surface area contributed by atoms with Gasteiger partial charge >= 0.3 is 0 Å². The summed E-state index contributed by atoms with van der Waals surface area (Å²) in [4.78, 5) is 19.6. The highest BCUT2D eigenvalue weighted by molar-refractivity contribution is 5.94. The van der Waals surface area contributed by atoms with E-state index in [9.17, 15) is 13.6 Å². The van der Waals surface area contributed by atoms with Gasteiger partial charge in [-0.3, -0.25) is 4.79 Å². The highest BCUT2D eigenvalue weighted by Crippen LogP contribution is 2.30. The zero-order valence-electron chi connectivity index (χ0n) is 20.0. The van der Waals surface area contributed by atoms with Gasteiger partial charge in [0.05, 0.1) is 17.9 Å². The molecule has 34 heavy (non-hydrogen) atoms. The van der Waals surface area contributed by atoms with Gasteiger partial charge in [-0.1, -0.05) is 13.0 Å². The van der Waals surface area contributed by atoms with Gasteiger partial charge in [0.15, 0.2) is 0 Å². The van der Waals surface area contributed by atoms with Crippen LogP contribution in [0.4, 0.5) is 14.6 Å². The molecule has 180 valence electrons. The second-order valence-electron chi connectivity index (χ2n) is 8.80. The molecular weight excluding hydrogens is 436 g/mol. The van der Waals surface area contributed by atoms with Crippen LogP contribution in [0.2, 0.25) is 0 Å². The molecule has 0 unspecified atom stereocenters. The molecule has 2 heterocycles. The Labute approximate surface area is 199 Å². The summed E-state index contributed by atoms with van der Waals surface area (Å²) >= 11 is 0. The molecule has 8 heteroatoms. The molecule has 0 atom stereocenters.